The van der Waals surface area contributed by atoms with E-state index in [4.69, 9.17) is 12.2 Å². The molecule has 1 rings (SSSR count). The lowest BCUT2D eigenvalue weighted by atomic mass is 10.1. The summed E-state index contributed by atoms with van der Waals surface area (Å²) >= 11 is 5.21. The number of nitrogens with zero attached hydrogens (tertiary/aromatic N) is 1. The summed E-state index contributed by atoms with van der Waals surface area (Å²) in [6.45, 7) is 5.12. The fourth-order valence-corrected chi connectivity index (χ4v) is 1.80. The van der Waals surface area contributed by atoms with Crippen LogP contribution in [0.2, 0.25) is 0 Å². The van der Waals surface area contributed by atoms with Crippen LogP contribution >= 0.6 is 12.2 Å². The van der Waals surface area contributed by atoms with Crippen LogP contribution in [-0.2, 0) is 0 Å². The highest BCUT2D eigenvalue weighted by Crippen LogP contribution is 2.22. The molecule has 0 aliphatic rings. The van der Waals surface area contributed by atoms with Crippen molar-refractivity contribution >= 4 is 28.7 Å². The Labute approximate surface area is 109 Å². The van der Waals surface area contributed by atoms with E-state index in [9.17, 15) is 0 Å². The quantitative estimate of drug-likeness (QED) is 0.805. The standard InChI is InChI=1S/C13H21N3S/c1-5-8-14-13(17)15-11-7-6-10(2)12(9-11)16(3)4/h6-7,9H,5,8H2,1-4H3,(H2,14,15,17). The highest BCUT2D eigenvalue weighted by molar-refractivity contribution is 7.80. The minimum Gasteiger partial charge on any atom is -0.377 e. The van der Waals surface area contributed by atoms with E-state index in [-0.39, 0.29) is 0 Å². The zero-order chi connectivity index (χ0) is 12.8. The van der Waals surface area contributed by atoms with E-state index >= 15 is 0 Å². The molecule has 0 spiro atoms. The predicted octanol–water partition coefficient (Wildman–Crippen LogP) is 2.76. The second-order valence-corrected chi connectivity index (χ2v) is 4.68. The first-order valence-corrected chi connectivity index (χ1v) is 6.28. The molecule has 0 fully saturated rings. The van der Waals surface area contributed by atoms with Gasteiger partial charge in [0.25, 0.3) is 0 Å². The van der Waals surface area contributed by atoms with Crippen molar-refractivity contribution in [2.45, 2.75) is 20.3 Å². The Morgan fingerprint density at radius 1 is 1.35 bits per heavy atom. The Morgan fingerprint density at radius 3 is 2.65 bits per heavy atom. The molecular formula is C13H21N3S. The maximum atomic E-state index is 5.21. The van der Waals surface area contributed by atoms with E-state index in [2.05, 4.69) is 41.5 Å². The average Bonchev–Trinajstić information content (AvgIpc) is 2.28. The Morgan fingerprint density at radius 2 is 2.06 bits per heavy atom. The van der Waals surface area contributed by atoms with Crippen LogP contribution in [-0.4, -0.2) is 25.8 Å². The summed E-state index contributed by atoms with van der Waals surface area (Å²) in [6.07, 6.45) is 1.07. The van der Waals surface area contributed by atoms with Gasteiger partial charge in [0.15, 0.2) is 5.11 Å². The summed E-state index contributed by atoms with van der Waals surface area (Å²) in [6, 6.07) is 6.25. The van der Waals surface area contributed by atoms with Gasteiger partial charge < -0.3 is 15.5 Å². The van der Waals surface area contributed by atoms with E-state index < -0.39 is 0 Å². The lowest BCUT2D eigenvalue weighted by Crippen LogP contribution is -2.29. The van der Waals surface area contributed by atoms with Crippen molar-refractivity contribution in [3.8, 4) is 0 Å². The Balaban J connectivity index is 2.72. The van der Waals surface area contributed by atoms with Gasteiger partial charge in [-0.3, -0.25) is 0 Å². The number of aryl methyl sites for hydroxylation is 1. The highest BCUT2D eigenvalue weighted by atomic mass is 32.1. The van der Waals surface area contributed by atoms with Crippen LogP contribution in [0.5, 0.6) is 0 Å². The second-order valence-electron chi connectivity index (χ2n) is 4.28. The van der Waals surface area contributed by atoms with Crippen molar-refractivity contribution in [3.63, 3.8) is 0 Å². The van der Waals surface area contributed by atoms with Crippen LogP contribution < -0.4 is 15.5 Å². The molecule has 94 valence electrons. The monoisotopic (exact) mass is 251 g/mol. The lowest BCUT2D eigenvalue weighted by molar-refractivity contribution is 0.846. The van der Waals surface area contributed by atoms with Crippen LogP contribution in [0.4, 0.5) is 11.4 Å². The molecule has 17 heavy (non-hydrogen) atoms. The smallest absolute Gasteiger partial charge is 0.170 e. The number of anilines is 2. The minimum absolute atomic E-state index is 0.681. The van der Waals surface area contributed by atoms with E-state index in [1.165, 1.54) is 11.3 Å². The van der Waals surface area contributed by atoms with Gasteiger partial charge in [-0.05, 0) is 43.3 Å². The molecule has 1 aromatic rings. The van der Waals surface area contributed by atoms with Crippen LogP contribution in [0.25, 0.3) is 0 Å². The van der Waals surface area contributed by atoms with Crippen molar-refractivity contribution in [2.75, 3.05) is 30.9 Å². The Bertz CT molecular complexity index is 388. The Hall–Kier alpha value is -1.29. The molecular weight excluding hydrogens is 230 g/mol. The van der Waals surface area contributed by atoms with Gasteiger partial charge in [-0.1, -0.05) is 13.0 Å². The molecule has 0 aliphatic heterocycles. The predicted molar refractivity (Wildman–Crippen MR) is 80.0 cm³/mol. The molecule has 0 radical (unpaired) electrons. The largest absolute Gasteiger partial charge is 0.377 e. The molecule has 2 N–H and O–H groups in total. The van der Waals surface area contributed by atoms with E-state index in [1.54, 1.807) is 0 Å². The molecule has 1 aromatic carbocycles. The van der Waals surface area contributed by atoms with Gasteiger partial charge >= 0.3 is 0 Å². The highest BCUT2D eigenvalue weighted by Gasteiger charge is 2.03. The van der Waals surface area contributed by atoms with Gasteiger partial charge in [0, 0.05) is 32.0 Å². The minimum atomic E-state index is 0.681. The first-order valence-electron chi connectivity index (χ1n) is 5.87. The maximum absolute atomic E-state index is 5.21. The summed E-state index contributed by atoms with van der Waals surface area (Å²) in [5.41, 5.74) is 3.48. The van der Waals surface area contributed by atoms with Gasteiger partial charge in [-0.2, -0.15) is 0 Å². The maximum Gasteiger partial charge on any atom is 0.170 e. The fraction of sp³-hybridized carbons (Fsp3) is 0.462. The number of nitrogens with one attached hydrogen (secondary N) is 2. The van der Waals surface area contributed by atoms with Crippen LogP contribution in [0.15, 0.2) is 18.2 Å². The normalized spacial score (nSPS) is 9.88. The van der Waals surface area contributed by atoms with Crippen molar-refractivity contribution in [1.29, 1.82) is 0 Å². The average molecular weight is 251 g/mol. The van der Waals surface area contributed by atoms with Crippen molar-refractivity contribution in [1.82, 2.24) is 5.32 Å². The molecule has 4 heteroatoms. The third-order valence-electron chi connectivity index (χ3n) is 2.48. The SMILES string of the molecule is CCCNC(=S)Nc1ccc(C)c(N(C)C)c1. The summed E-state index contributed by atoms with van der Waals surface area (Å²) in [5, 5.41) is 7.02. The molecule has 0 unspecified atom stereocenters. The molecule has 0 bridgehead atoms. The molecule has 0 atom stereocenters. The number of rotatable bonds is 4. The third-order valence-corrected chi connectivity index (χ3v) is 2.73. The molecule has 0 amide bonds. The first kappa shape index (κ1) is 13.8. The van der Waals surface area contributed by atoms with Gasteiger partial charge in [0.2, 0.25) is 0 Å². The van der Waals surface area contributed by atoms with Crippen LogP contribution in [0, 0.1) is 6.92 Å². The number of thiocarbonyl (C=S) groups is 1. The zero-order valence-corrected chi connectivity index (χ0v) is 11.8. The Kier molecular flexibility index (Phi) is 5.22. The van der Waals surface area contributed by atoms with Crippen molar-refractivity contribution in [3.05, 3.63) is 23.8 Å². The topological polar surface area (TPSA) is 27.3 Å². The molecule has 3 nitrogen and oxygen atoms in total. The fourth-order valence-electron chi connectivity index (χ4n) is 1.58. The second kappa shape index (κ2) is 6.45. The number of hydrogen-bond donors (Lipinski definition) is 2. The molecule has 0 aromatic heterocycles. The lowest BCUT2D eigenvalue weighted by Gasteiger charge is -2.18. The van der Waals surface area contributed by atoms with Crippen LogP contribution in [0.3, 0.4) is 0 Å². The zero-order valence-electron chi connectivity index (χ0n) is 11.0. The van der Waals surface area contributed by atoms with Gasteiger partial charge in [-0.15, -0.1) is 0 Å². The summed E-state index contributed by atoms with van der Waals surface area (Å²) in [4.78, 5) is 2.10. The molecule has 0 saturated heterocycles. The van der Waals surface area contributed by atoms with E-state index in [1.807, 2.05) is 20.2 Å². The first-order chi connectivity index (χ1) is 8.04. The summed E-state index contributed by atoms with van der Waals surface area (Å²) in [5.74, 6) is 0. The number of hydrogen-bond acceptors (Lipinski definition) is 2. The van der Waals surface area contributed by atoms with Gasteiger partial charge in [-0.25, -0.2) is 0 Å². The molecule has 0 heterocycles. The third kappa shape index (κ3) is 4.23. The van der Waals surface area contributed by atoms with E-state index in [0.29, 0.717) is 5.11 Å². The van der Waals surface area contributed by atoms with Gasteiger partial charge in [0.05, 0.1) is 0 Å². The number of benzene rings is 1. The van der Waals surface area contributed by atoms with Gasteiger partial charge in [0.1, 0.15) is 0 Å². The summed E-state index contributed by atoms with van der Waals surface area (Å²) < 4.78 is 0. The van der Waals surface area contributed by atoms with Crippen molar-refractivity contribution in [2.24, 2.45) is 0 Å². The molecule has 0 saturated carbocycles. The molecule has 0 aliphatic carbocycles. The summed E-state index contributed by atoms with van der Waals surface area (Å²) in [7, 11) is 4.08. The van der Waals surface area contributed by atoms with Crippen molar-refractivity contribution < 1.29 is 0 Å². The van der Waals surface area contributed by atoms with Crippen LogP contribution in [0.1, 0.15) is 18.9 Å². The van der Waals surface area contributed by atoms with E-state index in [0.717, 1.165) is 18.7 Å².